The van der Waals surface area contributed by atoms with Gasteiger partial charge in [-0.3, -0.25) is 4.90 Å². The maximum Gasteiger partial charge on any atom is 0.412 e. The van der Waals surface area contributed by atoms with Crippen LogP contribution in [0.5, 0.6) is 0 Å². The van der Waals surface area contributed by atoms with Crippen LogP contribution < -0.4 is 0 Å². The first kappa shape index (κ1) is 16.3. The lowest BCUT2D eigenvalue weighted by molar-refractivity contribution is -0.0632. The van der Waals surface area contributed by atoms with Crippen molar-refractivity contribution < 1.29 is 14.3 Å². The number of carbonyl (C=O) groups is 1. The molecule has 1 saturated heterocycles. The Morgan fingerprint density at radius 2 is 1.91 bits per heavy atom. The van der Waals surface area contributed by atoms with E-state index in [9.17, 15) is 4.79 Å². The molecule has 1 aliphatic heterocycles. The monoisotopic (exact) mass is 317 g/mol. The zero-order valence-corrected chi connectivity index (χ0v) is 14.7. The van der Waals surface area contributed by atoms with Gasteiger partial charge >= 0.3 is 6.09 Å². The summed E-state index contributed by atoms with van der Waals surface area (Å²) in [6, 6.07) is 10.6. The van der Waals surface area contributed by atoms with Gasteiger partial charge in [0.15, 0.2) is 0 Å². The van der Waals surface area contributed by atoms with Crippen molar-refractivity contribution in [3.63, 3.8) is 0 Å². The highest BCUT2D eigenvalue weighted by Crippen LogP contribution is 2.53. The van der Waals surface area contributed by atoms with Gasteiger partial charge in [-0.2, -0.15) is 0 Å². The first-order valence-corrected chi connectivity index (χ1v) is 8.40. The van der Waals surface area contributed by atoms with Gasteiger partial charge < -0.3 is 9.47 Å². The van der Waals surface area contributed by atoms with Gasteiger partial charge in [0.05, 0.1) is 12.6 Å². The first-order chi connectivity index (χ1) is 10.7. The van der Waals surface area contributed by atoms with Crippen LogP contribution in [0.15, 0.2) is 30.3 Å². The Bertz CT molecular complexity index is 576. The van der Waals surface area contributed by atoms with E-state index in [4.69, 9.17) is 9.47 Å². The van der Waals surface area contributed by atoms with Crippen molar-refractivity contribution in [2.75, 3.05) is 6.61 Å². The summed E-state index contributed by atoms with van der Waals surface area (Å²) >= 11 is 0. The van der Waals surface area contributed by atoms with Crippen LogP contribution in [0.2, 0.25) is 0 Å². The van der Waals surface area contributed by atoms with E-state index in [2.05, 4.69) is 24.3 Å². The third-order valence-electron chi connectivity index (χ3n) is 4.67. The van der Waals surface area contributed by atoms with Gasteiger partial charge in [0.1, 0.15) is 11.3 Å². The largest absolute Gasteiger partial charge is 0.444 e. The fourth-order valence-electron chi connectivity index (χ4n) is 3.54. The molecule has 23 heavy (non-hydrogen) atoms. The minimum absolute atomic E-state index is 0.0880. The average molecular weight is 317 g/mol. The highest BCUT2D eigenvalue weighted by molar-refractivity contribution is 5.70. The highest BCUT2D eigenvalue weighted by atomic mass is 16.6. The number of hydrogen-bond donors (Lipinski definition) is 0. The Balaban J connectivity index is 1.76. The predicted octanol–water partition coefficient (Wildman–Crippen LogP) is 4.16. The highest BCUT2D eigenvalue weighted by Gasteiger charge is 2.55. The molecule has 1 amide bonds. The van der Waals surface area contributed by atoms with E-state index in [1.807, 2.05) is 45.6 Å². The molecule has 0 spiro atoms. The van der Waals surface area contributed by atoms with Crippen molar-refractivity contribution >= 4 is 6.09 Å². The van der Waals surface area contributed by atoms with E-state index in [1.54, 1.807) is 0 Å². The number of amides is 1. The standard InChI is InChI=1S/C19H27NO3/c1-18(2,3)23-17(21)20-16(12-22-19(20,4)5)15-11-14(15)13-9-7-6-8-10-13/h6-10,14-16H,11-12H2,1-5H3/t14-,15+,16+/m1/s1. The van der Waals surface area contributed by atoms with E-state index in [0.29, 0.717) is 18.4 Å². The second-order valence-electron chi connectivity index (χ2n) is 8.09. The lowest BCUT2D eigenvalue weighted by Crippen LogP contribution is -2.50. The molecule has 2 aliphatic rings. The fraction of sp³-hybridized carbons (Fsp3) is 0.632. The lowest BCUT2D eigenvalue weighted by atomic mass is 10.0. The van der Waals surface area contributed by atoms with E-state index < -0.39 is 11.3 Å². The van der Waals surface area contributed by atoms with Gasteiger partial charge in [0, 0.05) is 0 Å². The molecule has 0 unspecified atom stereocenters. The third-order valence-corrected chi connectivity index (χ3v) is 4.67. The van der Waals surface area contributed by atoms with Crippen LogP contribution in [0.1, 0.15) is 52.5 Å². The third kappa shape index (κ3) is 3.37. The molecule has 3 atom stereocenters. The molecule has 1 saturated carbocycles. The lowest BCUT2D eigenvalue weighted by Gasteiger charge is -2.35. The summed E-state index contributed by atoms with van der Waals surface area (Å²) < 4.78 is 11.5. The SMILES string of the molecule is CC(C)(C)OC(=O)N1[C@H]([C@H]2C[C@@H]2c2ccccc2)COC1(C)C. The number of nitrogens with zero attached hydrogens (tertiary/aromatic N) is 1. The van der Waals surface area contributed by atoms with Gasteiger partial charge in [0.25, 0.3) is 0 Å². The molecule has 1 aromatic carbocycles. The Kier molecular flexibility index (Phi) is 3.91. The van der Waals surface area contributed by atoms with E-state index >= 15 is 0 Å². The smallest absolute Gasteiger partial charge is 0.412 e. The van der Waals surface area contributed by atoms with E-state index in [1.165, 1.54) is 5.56 Å². The van der Waals surface area contributed by atoms with Gasteiger partial charge in [-0.15, -0.1) is 0 Å². The molecule has 2 fully saturated rings. The van der Waals surface area contributed by atoms with Gasteiger partial charge in [-0.25, -0.2) is 4.79 Å². The minimum atomic E-state index is -0.614. The molecule has 1 heterocycles. The zero-order chi connectivity index (χ0) is 16.8. The zero-order valence-electron chi connectivity index (χ0n) is 14.7. The molecular formula is C19H27NO3. The second kappa shape index (κ2) is 5.52. The van der Waals surface area contributed by atoms with Crippen molar-refractivity contribution in [2.45, 2.75) is 64.3 Å². The maximum absolute atomic E-state index is 12.7. The molecule has 126 valence electrons. The first-order valence-electron chi connectivity index (χ1n) is 8.40. The Hall–Kier alpha value is -1.55. The summed E-state index contributed by atoms with van der Waals surface area (Å²) in [5.74, 6) is 0.968. The summed E-state index contributed by atoms with van der Waals surface area (Å²) in [5.41, 5.74) is 0.242. The molecule has 3 rings (SSSR count). The van der Waals surface area contributed by atoms with Crippen molar-refractivity contribution in [1.82, 2.24) is 4.90 Å². The summed E-state index contributed by atoms with van der Waals surface area (Å²) in [6.07, 6.45) is 0.830. The van der Waals surface area contributed by atoms with Crippen molar-refractivity contribution in [1.29, 1.82) is 0 Å². The quantitative estimate of drug-likeness (QED) is 0.822. The van der Waals surface area contributed by atoms with Crippen molar-refractivity contribution in [3.05, 3.63) is 35.9 Å². The molecule has 4 heteroatoms. The van der Waals surface area contributed by atoms with Crippen molar-refractivity contribution in [2.24, 2.45) is 5.92 Å². The van der Waals surface area contributed by atoms with Crippen LogP contribution in [-0.2, 0) is 9.47 Å². The Morgan fingerprint density at radius 3 is 2.52 bits per heavy atom. The topological polar surface area (TPSA) is 38.8 Å². The Labute approximate surface area is 138 Å². The predicted molar refractivity (Wildman–Crippen MR) is 89.2 cm³/mol. The molecular weight excluding hydrogens is 290 g/mol. The number of benzene rings is 1. The van der Waals surface area contributed by atoms with Crippen LogP contribution >= 0.6 is 0 Å². The summed E-state index contributed by atoms with van der Waals surface area (Å²) in [4.78, 5) is 14.5. The van der Waals surface area contributed by atoms with E-state index in [0.717, 1.165) is 6.42 Å². The van der Waals surface area contributed by atoms with Crippen LogP contribution in [0.3, 0.4) is 0 Å². The van der Waals surface area contributed by atoms with Gasteiger partial charge in [-0.05, 0) is 58.4 Å². The molecule has 0 N–H and O–H groups in total. The van der Waals surface area contributed by atoms with Crippen molar-refractivity contribution in [3.8, 4) is 0 Å². The van der Waals surface area contributed by atoms with Crippen LogP contribution in [0, 0.1) is 5.92 Å². The second-order valence-corrected chi connectivity index (χ2v) is 8.09. The minimum Gasteiger partial charge on any atom is -0.444 e. The molecule has 4 nitrogen and oxygen atoms in total. The van der Waals surface area contributed by atoms with Gasteiger partial charge in [0.2, 0.25) is 0 Å². The normalized spacial score (nSPS) is 29.4. The molecule has 0 radical (unpaired) electrons. The number of hydrogen-bond acceptors (Lipinski definition) is 3. The van der Waals surface area contributed by atoms with Gasteiger partial charge in [-0.1, -0.05) is 30.3 Å². The average Bonchev–Trinajstić information content (AvgIpc) is 3.16. The van der Waals surface area contributed by atoms with E-state index in [-0.39, 0.29) is 12.1 Å². The number of ether oxygens (including phenoxy) is 2. The fourth-order valence-corrected chi connectivity index (χ4v) is 3.54. The van der Waals surface area contributed by atoms with Crippen LogP contribution in [0.25, 0.3) is 0 Å². The summed E-state index contributed by atoms with van der Waals surface area (Å²) in [6.45, 7) is 10.2. The van der Waals surface area contributed by atoms with Crippen LogP contribution in [0.4, 0.5) is 4.79 Å². The Morgan fingerprint density at radius 1 is 1.26 bits per heavy atom. The molecule has 0 aromatic heterocycles. The van der Waals surface area contributed by atoms with Crippen LogP contribution in [-0.4, -0.2) is 35.0 Å². The maximum atomic E-state index is 12.7. The number of carbonyl (C=O) groups excluding carboxylic acids is 1. The molecule has 1 aromatic rings. The molecule has 0 bridgehead atoms. The number of rotatable bonds is 2. The summed E-state index contributed by atoms with van der Waals surface area (Å²) in [7, 11) is 0. The molecule has 1 aliphatic carbocycles. The summed E-state index contributed by atoms with van der Waals surface area (Å²) in [5, 5.41) is 0.